The lowest BCUT2D eigenvalue weighted by molar-refractivity contribution is 0.244. The summed E-state index contributed by atoms with van der Waals surface area (Å²) in [6.07, 6.45) is 2.96. The van der Waals surface area contributed by atoms with Crippen LogP contribution in [0.25, 0.3) is 0 Å². The summed E-state index contributed by atoms with van der Waals surface area (Å²) in [5.41, 5.74) is 1.39. The molecule has 1 aromatic heterocycles. The first kappa shape index (κ1) is 16.0. The fourth-order valence-corrected chi connectivity index (χ4v) is 1.91. The van der Waals surface area contributed by atoms with E-state index in [2.05, 4.69) is 50.6 Å². The molecule has 0 fully saturated rings. The van der Waals surface area contributed by atoms with E-state index in [0.29, 0.717) is 0 Å². The van der Waals surface area contributed by atoms with E-state index < -0.39 is 0 Å². The molecule has 0 bridgehead atoms. The lowest BCUT2D eigenvalue weighted by Gasteiger charge is -2.19. The van der Waals surface area contributed by atoms with E-state index in [0.717, 1.165) is 38.5 Å². The molecule has 0 radical (unpaired) electrons. The molecule has 0 aromatic carbocycles. The molecule has 1 rings (SSSR count). The van der Waals surface area contributed by atoms with Gasteiger partial charge in [-0.25, -0.2) is 4.98 Å². The highest BCUT2D eigenvalue weighted by Gasteiger charge is 2.13. The minimum absolute atomic E-state index is 0.147. The minimum atomic E-state index is 0.147. The van der Waals surface area contributed by atoms with Gasteiger partial charge in [0.25, 0.3) is 0 Å². The second-order valence-corrected chi connectivity index (χ2v) is 5.86. The first-order chi connectivity index (χ1) is 8.97. The van der Waals surface area contributed by atoms with Crippen LogP contribution in [0.1, 0.15) is 46.6 Å². The summed E-state index contributed by atoms with van der Waals surface area (Å²) >= 11 is 0. The predicted molar refractivity (Wildman–Crippen MR) is 80.8 cm³/mol. The number of rotatable bonds is 7. The van der Waals surface area contributed by atoms with Crippen LogP contribution in [-0.4, -0.2) is 36.1 Å². The largest absolute Gasteiger partial charge is 0.478 e. The average Bonchev–Trinajstić information content (AvgIpc) is 2.38. The molecular weight excluding hydrogens is 236 g/mol. The first-order valence-corrected chi connectivity index (χ1v) is 7.29. The summed E-state index contributed by atoms with van der Waals surface area (Å²) in [5, 5.41) is 0. The monoisotopic (exact) mass is 264 g/mol. The number of nitrogens with zero attached hydrogens (tertiary/aromatic N) is 2. The van der Waals surface area contributed by atoms with Crippen LogP contribution in [0.15, 0.2) is 18.3 Å². The summed E-state index contributed by atoms with van der Waals surface area (Å²) in [4.78, 5) is 6.77. The second kappa shape index (κ2) is 7.49. The Kier molecular flexibility index (Phi) is 6.29. The lowest BCUT2D eigenvalue weighted by Crippen LogP contribution is -2.25. The highest BCUT2D eigenvalue weighted by atomic mass is 16.5. The van der Waals surface area contributed by atoms with Crippen molar-refractivity contribution in [1.29, 1.82) is 0 Å². The molecule has 1 aromatic rings. The Morgan fingerprint density at radius 3 is 2.32 bits per heavy atom. The molecule has 0 saturated heterocycles. The Morgan fingerprint density at radius 2 is 1.84 bits per heavy atom. The topological polar surface area (TPSA) is 25.4 Å². The number of hydrogen-bond acceptors (Lipinski definition) is 3. The smallest absolute Gasteiger partial charge is 0.213 e. The number of aromatic nitrogens is 1. The van der Waals surface area contributed by atoms with Crippen LogP contribution in [0.3, 0.4) is 0 Å². The molecule has 3 nitrogen and oxygen atoms in total. The molecule has 0 atom stereocenters. The lowest BCUT2D eigenvalue weighted by atomic mass is 9.88. The van der Waals surface area contributed by atoms with Crippen LogP contribution in [0.2, 0.25) is 0 Å². The molecule has 0 aliphatic heterocycles. The fourth-order valence-electron chi connectivity index (χ4n) is 1.91. The van der Waals surface area contributed by atoms with Crippen molar-refractivity contribution in [2.75, 3.05) is 26.2 Å². The van der Waals surface area contributed by atoms with Gasteiger partial charge in [-0.2, -0.15) is 0 Å². The Bertz CT molecular complexity index is 350. The van der Waals surface area contributed by atoms with Gasteiger partial charge in [-0.05, 0) is 30.5 Å². The molecule has 0 amide bonds. The van der Waals surface area contributed by atoms with Crippen LogP contribution >= 0.6 is 0 Å². The van der Waals surface area contributed by atoms with Crippen molar-refractivity contribution in [3.63, 3.8) is 0 Å². The zero-order chi connectivity index (χ0) is 14.3. The Balaban J connectivity index is 2.34. The number of pyridine rings is 1. The summed E-state index contributed by atoms with van der Waals surface area (Å²) in [6, 6.07) is 4.07. The maximum atomic E-state index is 5.68. The third kappa shape index (κ3) is 5.60. The normalized spacial score (nSPS) is 11.9. The Hall–Kier alpha value is -1.09. The van der Waals surface area contributed by atoms with Crippen LogP contribution in [-0.2, 0) is 5.41 Å². The van der Waals surface area contributed by atoms with Crippen molar-refractivity contribution >= 4 is 0 Å². The molecule has 3 heteroatoms. The molecule has 0 N–H and O–H groups in total. The van der Waals surface area contributed by atoms with E-state index in [1.165, 1.54) is 5.56 Å². The molecule has 0 saturated carbocycles. The standard InChI is InChI=1S/C16H28N2O/c1-6-18(7-2)11-8-12-19-15-10-9-14(13-17-15)16(3,4)5/h9-10,13H,6-8,11-12H2,1-5H3. The molecule has 108 valence electrons. The SMILES string of the molecule is CCN(CC)CCCOc1ccc(C(C)(C)C)cn1. The van der Waals surface area contributed by atoms with Gasteiger partial charge >= 0.3 is 0 Å². The summed E-state index contributed by atoms with van der Waals surface area (Å²) < 4.78 is 5.68. The van der Waals surface area contributed by atoms with E-state index in [4.69, 9.17) is 4.74 Å². The van der Waals surface area contributed by atoms with Gasteiger partial charge in [0.15, 0.2) is 0 Å². The molecular formula is C16H28N2O. The minimum Gasteiger partial charge on any atom is -0.478 e. The highest BCUT2D eigenvalue weighted by molar-refractivity contribution is 5.23. The van der Waals surface area contributed by atoms with Gasteiger partial charge in [0.1, 0.15) is 0 Å². The fraction of sp³-hybridized carbons (Fsp3) is 0.688. The Morgan fingerprint density at radius 1 is 1.16 bits per heavy atom. The van der Waals surface area contributed by atoms with Gasteiger partial charge in [0.05, 0.1) is 6.61 Å². The molecule has 0 spiro atoms. The van der Waals surface area contributed by atoms with Crippen LogP contribution in [0.5, 0.6) is 5.88 Å². The van der Waals surface area contributed by atoms with Crippen molar-refractivity contribution in [2.24, 2.45) is 0 Å². The van der Waals surface area contributed by atoms with Crippen molar-refractivity contribution in [1.82, 2.24) is 9.88 Å². The summed E-state index contributed by atoms with van der Waals surface area (Å²) in [5.74, 6) is 0.729. The van der Waals surface area contributed by atoms with E-state index in [9.17, 15) is 0 Å². The second-order valence-electron chi connectivity index (χ2n) is 5.86. The third-order valence-electron chi connectivity index (χ3n) is 3.37. The zero-order valence-corrected chi connectivity index (χ0v) is 13.1. The van der Waals surface area contributed by atoms with Gasteiger partial charge in [-0.15, -0.1) is 0 Å². The maximum absolute atomic E-state index is 5.68. The van der Waals surface area contributed by atoms with E-state index in [-0.39, 0.29) is 5.41 Å². The zero-order valence-electron chi connectivity index (χ0n) is 13.1. The summed E-state index contributed by atoms with van der Waals surface area (Å²) in [7, 11) is 0. The molecule has 0 unspecified atom stereocenters. The summed E-state index contributed by atoms with van der Waals surface area (Å²) in [6.45, 7) is 15.0. The van der Waals surface area contributed by atoms with Crippen molar-refractivity contribution < 1.29 is 4.74 Å². The number of hydrogen-bond donors (Lipinski definition) is 0. The quantitative estimate of drug-likeness (QED) is 0.705. The van der Waals surface area contributed by atoms with Crippen LogP contribution < -0.4 is 4.74 Å². The van der Waals surface area contributed by atoms with Crippen molar-refractivity contribution in [2.45, 2.75) is 46.5 Å². The highest BCUT2D eigenvalue weighted by Crippen LogP contribution is 2.22. The van der Waals surface area contributed by atoms with Gasteiger partial charge in [-0.1, -0.05) is 40.7 Å². The van der Waals surface area contributed by atoms with Gasteiger partial charge in [-0.3, -0.25) is 0 Å². The van der Waals surface area contributed by atoms with Crippen LogP contribution in [0, 0.1) is 0 Å². The van der Waals surface area contributed by atoms with Gasteiger partial charge < -0.3 is 9.64 Å². The molecule has 0 aliphatic carbocycles. The first-order valence-electron chi connectivity index (χ1n) is 7.29. The molecule has 19 heavy (non-hydrogen) atoms. The third-order valence-corrected chi connectivity index (χ3v) is 3.37. The van der Waals surface area contributed by atoms with Crippen molar-refractivity contribution in [3.8, 4) is 5.88 Å². The molecule has 0 aliphatic rings. The van der Waals surface area contributed by atoms with Gasteiger partial charge in [0.2, 0.25) is 5.88 Å². The van der Waals surface area contributed by atoms with Crippen molar-refractivity contribution in [3.05, 3.63) is 23.9 Å². The van der Waals surface area contributed by atoms with Crippen LogP contribution in [0.4, 0.5) is 0 Å². The maximum Gasteiger partial charge on any atom is 0.213 e. The van der Waals surface area contributed by atoms with E-state index >= 15 is 0 Å². The predicted octanol–water partition coefficient (Wildman–Crippen LogP) is 3.49. The van der Waals surface area contributed by atoms with E-state index in [1.54, 1.807) is 0 Å². The van der Waals surface area contributed by atoms with E-state index in [1.807, 2.05) is 12.3 Å². The van der Waals surface area contributed by atoms with Gasteiger partial charge in [0, 0.05) is 18.8 Å². The average molecular weight is 264 g/mol. The molecule has 1 heterocycles. The Labute approximate surface area is 118 Å². The number of ether oxygens (including phenoxy) is 1.